The first kappa shape index (κ1) is 45.9. The van der Waals surface area contributed by atoms with E-state index >= 15 is 0 Å². The Labute approximate surface area is 292 Å². The molecule has 0 atom stereocenters. The summed E-state index contributed by atoms with van der Waals surface area (Å²) in [4.78, 5) is 26.7. The third kappa shape index (κ3) is 31.9. The van der Waals surface area contributed by atoms with Crippen LogP contribution in [0.2, 0.25) is 0 Å². The molecule has 47 heavy (non-hydrogen) atoms. The summed E-state index contributed by atoms with van der Waals surface area (Å²) in [6.45, 7) is 15.3. The van der Waals surface area contributed by atoms with Crippen LogP contribution < -0.4 is 0 Å². The van der Waals surface area contributed by atoms with Crippen molar-refractivity contribution in [1.82, 2.24) is 4.90 Å². The molecule has 0 aliphatic carbocycles. The summed E-state index contributed by atoms with van der Waals surface area (Å²) in [6, 6.07) is 0. The average molecular weight is 668 g/mol. The normalized spacial score (nSPS) is 11.9. The molecule has 0 heterocycles. The van der Waals surface area contributed by atoms with Crippen LogP contribution in [0.4, 0.5) is 0 Å². The number of carbonyl (C=O) groups is 2. The zero-order valence-corrected chi connectivity index (χ0v) is 32.2. The molecule has 0 rings (SSSR count). The Morgan fingerprint density at radius 2 is 1.09 bits per heavy atom. The van der Waals surface area contributed by atoms with Crippen LogP contribution in [0.15, 0.2) is 0 Å². The Bertz CT molecular complexity index is 691. The first-order valence-electron chi connectivity index (χ1n) is 20.4. The third-order valence-electron chi connectivity index (χ3n) is 9.62. The lowest BCUT2D eigenvalue weighted by atomic mass is 9.88. The lowest BCUT2D eigenvalue weighted by molar-refractivity contribution is -0.147. The largest absolute Gasteiger partial charge is 0.466 e. The number of hydrogen-bond acceptors (Lipinski definition) is 6. The second kappa shape index (κ2) is 33.4. The quantitative estimate of drug-likeness (QED) is 0.0529. The topological polar surface area (TPSA) is 76.1 Å². The molecular formula is C41H81NO5. The first-order valence-corrected chi connectivity index (χ1v) is 20.4. The van der Waals surface area contributed by atoms with E-state index in [0.717, 1.165) is 96.2 Å². The van der Waals surface area contributed by atoms with Crippen LogP contribution in [0.1, 0.15) is 202 Å². The number of hydrogen-bond donors (Lipinski definition) is 1. The molecule has 0 saturated heterocycles. The van der Waals surface area contributed by atoms with Crippen molar-refractivity contribution in [3.05, 3.63) is 0 Å². The van der Waals surface area contributed by atoms with Crippen LogP contribution in [0.25, 0.3) is 0 Å². The summed E-state index contributed by atoms with van der Waals surface area (Å²) in [5, 5.41) is 9.52. The molecular weight excluding hydrogens is 586 g/mol. The fourth-order valence-electron chi connectivity index (χ4n) is 6.59. The van der Waals surface area contributed by atoms with E-state index in [2.05, 4.69) is 39.5 Å². The summed E-state index contributed by atoms with van der Waals surface area (Å²) in [7, 11) is 0. The van der Waals surface area contributed by atoms with Crippen LogP contribution in [0.5, 0.6) is 0 Å². The van der Waals surface area contributed by atoms with Crippen molar-refractivity contribution in [3.8, 4) is 0 Å². The molecule has 0 radical (unpaired) electrons. The highest BCUT2D eigenvalue weighted by Gasteiger charge is 2.20. The second-order valence-corrected chi connectivity index (χ2v) is 15.1. The minimum atomic E-state index is -0.0343. The predicted octanol–water partition coefficient (Wildman–Crippen LogP) is 11.2. The molecule has 280 valence electrons. The van der Waals surface area contributed by atoms with E-state index in [-0.39, 0.29) is 24.0 Å². The van der Waals surface area contributed by atoms with Gasteiger partial charge in [0.05, 0.1) is 19.8 Å². The summed E-state index contributed by atoms with van der Waals surface area (Å²) in [5.74, 6) is 0.798. The summed E-state index contributed by atoms with van der Waals surface area (Å²) in [6.07, 6.45) is 29.6. The highest BCUT2D eigenvalue weighted by molar-refractivity contribution is 5.69. The molecule has 0 fully saturated rings. The Kier molecular flexibility index (Phi) is 32.6. The molecule has 0 aromatic rings. The molecule has 1 N–H and O–H groups in total. The SMILES string of the molecule is CCCCCCCCCOC(=O)CCCCCCCN(CCO)CCCCCC(C)(C)COC(=O)CCCCCC(CCC)CCC. The van der Waals surface area contributed by atoms with Crippen molar-refractivity contribution in [2.24, 2.45) is 11.3 Å². The van der Waals surface area contributed by atoms with Crippen LogP contribution in [0.3, 0.4) is 0 Å². The van der Waals surface area contributed by atoms with Gasteiger partial charge >= 0.3 is 11.9 Å². The number of esters is 2. The number of unbranched alkanes of at least 4 members (excludes halogenated alkanes) is 14. The minimum absolute atomic E-state index is 0.0122. The Hall–Kier alpha value is -1.14. The van der Waals surface area contributed by atoms with Crippen molar-refractivity contribution in [2.75, 3.05) is 39.5 Å². The lowest BCUT2D eigenvalue weighted by Gasteiger charge is -2.25. The van der Waals surface area contributed by atoms with Gasteiger partial charge in [0.15, 0.2) is 0 Å². The number of nitrogens with zero attached hydrogens (tertiary/aromatic N) is 1. The van der Waals surface area contributed by atoms with Crippen LogP contribution >= 0.6 is 0 Å². The van der Waals surface area contributed by atoms with E-state index in [9.17, 15) is 14.7 Å². The number of rotatable bonds is 36. The van der Waals surface area contributed by atoms with Gasteiger partial charge in [0.2, 0.25) is 0 Å². The molecule has 0 aliphatic rings. The second-order valence-electron chi connectivity index (χ2n) is 15.1. The predicted molar refractivity (Wildman–Crippen MR) is 200 cm³/mol. The highest BCUT2D eigenvalue weighted by Crippen LogP contribution is 2.25. The van der Waals surface area contributed by atoms with Gasteiger partial charge in [-0.2, -0.15) is 0 Å². The summed E-state index contributed by atoms with van der Waals surface area (Å²) in [5.41, 5.74) is 0.0122. The Morgan fingerprint density at radius 3 is 1.68 bits per heavy atom. The molecule has 0 aromatic heterocycles. The monoisotopic (exact) mass is 668 g/mol. The van der Waals surface area contributed by atoms with Crippen molar-refractivity contribution in [3.63, 3.8) is 0 Å². The van der Waals surface area contributed by atoms with E-state index in [1.165, 1.54) is 83.5 Å². The van der Waals surface area contributed by atoms with E-state index in [4.69, 9.17) is 9.47 Å². The van der Waals surface area contributed by atoms with E-state index in [1.54, 1.807) is 0 Å². The third-order valence-corrected chi connectivity index (χ3v) is 9.62. The molecule has 6 nitrogen and oxygen atoms in total. The van der Waals surface area contributed by atoms with Crippen LogP contribution in [-0.2, 0) is 19.1 Å². The van der Waals surface area contributed by atoms with Gasteiger partial charge < -0.3 is 19.5 Å². The number of aliphatic hydroxyl groups is 1. The maximum atomic E-state index is 12.3. The van der Waals surface area contributed by atoms with E-state index < -0.39 is 0 Å². The van der Waals surface area contributed by atoms with Gasteiger partial charge in [-0.25, -0.2) is 0 Å². The van der Waals surface area contributed by atoms with E-state index in [0.29, 0.717) is 26.1 Å². The van der Waals surface area contributed by atoms with Crippen molar-refractivity contribution >= 4 is 11.9 Å². The molecule has 0 saturated carbocycles. The van der Waals surface area contributed by atoms with E-state index in [1.807, 2.05) is 0 Å². The molecule has 0 unspecified atom stereocenters. The smallest absolute Gasteiger partial charge is 0.305 e. The zero-order chi connectivity index (χ0) is 34.9. The Balaban J connectivity index is 3.83. The van der Waals surface area contributed by atoms with Gasteiger partial charge in [-0.3, -0.25) is 9.59 Å². The molecule has 0 aliphatic heterocycles. The van der Waals surface area contributed by atoms with Crippen LogP contribution in [0, 0.1) is 11.3 Å². The minimum Gasteiger partial charge on any atom is -0.466 e. The van der Waals surface area contributed by atoms with Crippen molar-refractivity contribution in [2.45, 2.75) is 202 Å². The maximum absolute atomic E-state index is 12.3. The molecule has 0 spiro atoms. The molecule has 0 amide bonds. The first-order chi connectivity index (χ1) is 22.8. The van der Waals surface area contributed by atoms with Gasteiger partial charge in [0.25, 0.3) is 0 Å². The molecule has 0 bridgehead atoms. The molecule has 0 aromatic carbocycles. The van der Waals surface area contributed by atoms with Gasteiger partial charge in [-0.1, -0.05) is 150 Å². The van der Waals surface area contributed by atoms with Gasteiger partial charge in [-0.15, -0.1) is 0 Å². The Morgan fingerprint density at radius 1 is 0.574 bits per heavy atom. The zero-order valence-electron chi connectivity index (χ0n) is 32.2. The van der Waals surface area contributed by atoms with Crippen molar-refractivity contribution in [1.29, 1.82) is 0 Å². The standard InChI is InChI=1S/C41H81NO5/c1-6-9-10-11-12-16-25-36-46-39(44)29-20-14-13-15-23-32-42(34-35-43)33-24-18-22-31-41(4,5)37-47-40(45)30-21-17-19-28-38(26-7-2)27-8-3/h38,43H,6-37H2,1-5H3. The average Bonchev–Trinajstić information content (AvgIpc) is 3.04. The maximum Gasteiger partial charge on any atom is 0.305 e. The van der Waals surface area contributed by atoms with Gasteiger partial charge in [-0.05, 0) is 62.9 Å². The lowest BCUT2D eigenvalue weighted by Crippen LogP contribution is -2.29. The highest BCUT2D eigenvalue weighted by atomic mass is 16.5. The number of aliphatic hydroxyl groups excluding tert-OH is 1. The van der Waals surface area contributed by atoms with Gasteiger partial charge in [0.1, 0.15) is 0 Å². The fraction of sp³-hybridized carbons (Fsp3) is 0.951. The number of carbonyl (C=O) groups excluding carboxylic acids is 2. The summed E-state index contributed by atoms with van der Waals surface area (Å²) >= 11 is 0. The van der Waals surface area contributed by atoms with Crippen LogP contribution in [-0.4, -0.2) is 61.4 Å². The fourth-order valence-corrected chi connectivity index (χ4v) is 6.59. The molecule has 6 heteroatoms. The van der Waals surface area contributed by atoms with Gasteiger partial charge in [0, 0.05) is 19.4 Å². The summed E-state index contributed by atoms with van der Waals surface area (Å²) < 4.78 is 11.1. The van der Waals surface area contributed by atoms with Crippen molar-refractivity contribution < 1.29 is 24.2 Å². The number of ether oxygens (including phenoxy) is 2.